The molecule has 0 amide bonds. The minimum Gasteiger partial charge on any atom is -0.459 e. The van der Waals surface area contributed by atoms with Crippen molar-refractivity contribution in [2.24, 2.45) is 0 Å². The third kappa shape index (κ3) is 10.2. The number of benzene rings is 1. The second-order valence-electron chi connectivity index (χ2n) is 5.88. The van der Waals surface area contributed by atoms with Gasteiger partial charge in [0.1, 0.15) is 11.9 Å². The van der Waals surface area contributed by atoms with Crippen LogP contribution in [0.2, 0.25) is 0 Å². The van der Waals surface area contributed by atoms with Gasteiger partial charge in [-0.15, -0.1) is 0 Å². The van der Waals surface area contributed by atoms with Crippen LogP contribution < -0.4 is 4.18 Å². The predicted molar refractivity (Wildman–Crippen MR) is 100 cm³/mol. The molecular formula is C19H28O6S. The van der Waals surface area contributed by atoms with E-state index < -0.39 is 16.4 Å². The minimum atomic E-state index is -4.11. The number of esters is 1. The third-order valence-electron chi connectivity index (χ3n) is 3.67. The minimum absolute atomic E-state index is 0.0354. The van der Waals surface area contributed by atoms with E-state index in [0.29, 0.717) is 12.8 Å². The SMILES string of the molecule is C=CC(=O)OC(CCCCCC)CCCOS(=O)(=O)Oc1ccccc1. The lowest BCUT2D eigenvalue weighted by atomic mass is 10.1. The van der Waals surface area contributed by atoms with Crippen molar-refractivity contribution in [1.29, 1.82) is 0 Å². The molecule has 1 aromatic carbocycles. The van der Waals surface area contributed by atoms with Gasteiger partial charge in [-0.25, -0.2) is 8.98 Å². The standard InChI is InChI=1S/C19H28O6S/c1-3-5-6-8-12-17(24-19(20)4-2)15-11-16-23-26(21,22)25-18-13-9-7-10-14-18/h4,7,9-10,13-14,17H,2-3,5-6,8,11-12,15-16H2,1H3. The molecule has 6 nitrogen and oxygen atoms in total. The zero-order chi connectivity index (χ0) is 19.3. The Bertz CT molecular complexity index is 627. The maximum absolute atomic E-state index is 11.8. The van der Waals surface area contributed by atoms with E-state index in [9.17, 15) is 13.2 Å². The maximum Gasteiger partial charge on any atom is 0.449 e. The summed E-state index contributed by atoms with van der Waals surface area (Å²) in [6.45, 7) is 5.49. The average Bonchev–Trinajstić information content (AvgIpc) is 2.62. The van der Waals surface area contributed by atoms with Crippen molar-refractivity contribution in [3.05, 3.63) is 43.0 Å². The van der Waals surface area contributed by atoms with E-state index in [1.807, 2.05) is 0 Å². The number of carbonyl (C=O) groups excluding carboxylic acids is 1. The molecule has 0 saturated carbocycles. The van der Waals surface area contributed by atoms with Gasteiger partial charge < -0.3 is 8.92 Å². The van der Waals surface area contributed by atoms with Crippen molar-refractivity contribution in [3.8, 4) is 5.75 Å². The first-order chi connectivity index (χ1) is 12.5. The third-order valence-corrected chi connectivity index (χ3v) is 4.52. The van der Waals surface area contributed by atoms with E-state index in [0.717, 1.165) is 38.2 Å². The van der Waals surface area contributed by atoms with Gasteiger partial charge in [-0.3, -0.25) is 0 Å². The Hall–Kier alpha value is -1.86. The Morgan fingerprint density at radius 3 is 2.46 bits per heavy atom. The molecule has 0 saturated heterocycles. The molecule has 7 heteroatoms. The fraction of sp³-hybridized carbons (Fsp3) is 0.526. The van der Waals surface area contributed by atoms with Crippen molar-refractivity contribution < 1.29 is 26.3 Å². The first kappa shape index (κ1) is 22.2. The maximum atomic E-state index is 11.8. The highest BCUT2D eigenvalue weighted by molar-refractivity contribution is 7.82. The first-order valence-electron chi connectivity index (χ1n) is 8.93. The van der Waals surface area contributed by atoms with Crippen molar-refractivity contribution in [2.75, 3.05) is 6.61 Å². The largest absolute Gasteiger partial charge is 0.459 e. The van der Waals surface area contributed by atoms with Crippen LogP contribution in [0, 0.1) is 0 Å². The van der Waals surface area contributed by atoms with Gasteiger partial charge >= 0.3 is 16.4 Å². The number of hydrogen-bond donors (Lipinski definition) is 0. The van der Waals surface area contributed by atoms with Crippen LogP contribution in [0.4, 0.5) is 0 Å². The van der Waals surface area contributed by atoms with Crippen molar-refractivity contribution in [1.82, 2.24) is 0 Å². The predicted octanol–water partition coefficient (Wildman–Crippen LogP) is 4.18. The number of rotatable bonds is 14. The number of unbranched alkanes of at least 4 members (excludes halogenated alkanes) is 3. The summed E-state index contributed by atoms with van der Waals surface area (Å²) in [5, 5.41) is 0. The van der Waals surface area contributed by atoms with Gasteiger partial charge in [-0.2, -0.15) is 8.42 Å². The Labute approximate surface area is 156 Å². The van der Waals surface area contributed by atoms with Crippen LogP contribution in [0.25, 0.3) is 0 Å². The Balaban J connectivity index is 2.37. The van der Waals surface area contributed by atoms with E-state index in [2.05, 4.69) is 13.5 Å². The number of hydrogen-bond acceptors (Lipinski definition) is 6. The molecule has 1 atom stereocenters. The molecule has 26 heavy (non-hydrogen) atoms. The summed E-state index contributed by atoms with van der Waals surface area (Å²) in [6.07, 6.45) is 6.87. The second kappa shape index (κ2) is 12.5. The second-order valence-corrected chi connectivity index (χ2v) is 7.10. The molecule has 1 rings (SSSR count). The molecule has 1 unspecified atom stereocenters. The van der Waals surface area contributed by atoms with E-state index in [1.54, 1.807) is 18.2 Å². The van der Waals surface area contributed by atoms with Crippen LogP contribution in [0.3, 0.4) is 0 Å². The molecule has 0 bridgehead atoms. The highest BCUT2D eigenvalue weighted by Gasteiger charge is 2.16. The zero-order valence-corrected chi connectivity index (χ0v) is 16.1. The highest BCUT2D eigenvalue weighted by atomic mass is 32.3. The highest BCUT2D eigenvalue weighted by Crippen LogP contribution is 2.15. The molecule has 0 spiro atoms. The lowest BCUT2D eigenvalue weighted by Crippen LogP contribution is -2.19. The van der Waals surface area contributed by atoms with Gasteiger partial charge in [0.05, 0.1) is 6.61 Å². The number of carbonyl (C=O) groups is 1. The lowest BCUT2D eigenvalue weighted by molar-refractivity contribution is -0.143. The molecule has 1 aromatic rings. The van der Waals surface area contributed by atoms with Gasteiger partial charge in [-0.1, -0.05) is 51.0 Å². The summed E-state index contributed by atoms with van der Waals surface area (Å²) in [4.78, 5) is 11.4. The summed E-state index contributed by atoms with van der Waals surface area (Å²) in [5.41, 5.74) is 0. The van der Waals surface area contributed by atoms with Gasteiger partial charge in [0.2, 0.25) is 0 Å². The Morgan fingerprint density at radius 2 is 1.81 bits per heavy atom. The quantitative estimate of drug-likeness (QED) is 0.272. The van der Waals surface area contributed by atoms with Gasteiger partial charge in [0.25, 0.3) is 0 Å². The normalized spacial score (nSPS) is 12.3. The molecule has 0 aliphatic rings. The Kier molecular flexibility index (Phi) is 10.7. The summed E-state index contributed by atoms with van der Waals surface area (Å²) in [6, 6.07) is 8.15. The van der Waals surface area contributed by atoms with E-state index in [4.69, 9.17) is 13.1 Å². The van der Waals surface area contributed by atoms with E-state index in [1.165, 1.54) is 12.1 Å². The van der Waals surface area contributed by atoms with Gasteiger partial charge in [0.15, 0.2) is 0 Å². The van der Waals surface area contributed by atoms with Crippen LogP contribution in [0.5, 0.6) is 5.75 Å². The lowest BCUT2D eigenvalue weighted by Gasteiger charge is -2.17. The van der Waals surface area contributed by atoms with Crippen molar-refractivity contribution >= 4 is 16.4 Å². The molecule has 0 fully saturated rings. The van der Waals surface area contributed by atoms with Crippen molar-refractivity contribution in [3.63, 3.8) is 0 Å². The smallest absolute Gasteiger partial charge is 0.449 e. The number of ether oxygens (including phenoxy) is 1. The van der Waals surface area contributed by atoms with Crippen LogP contribution in [0.15, 0.2) is 43.0 Å². The fourth-order valence-electron chi connectivity index (χ4n) is 2.36. The topological polar surface area (TPSA) is 78.9 Å². The molecule has 0 N–H and O–H groups in total. The molecule has 146 valence electrons. The zero-order valence-electron chi connectivity index (χ0n) is 15.3. The molecular weight excluding hydrogens is 356 g/mol. The molecule has 0 heterocycles. The molecule has 0 aliphatic heterocycles. The van der Waals surface area contributed by atoms with Crippen LogP contribution >= 0.6 is 0 Å². The molecule has 0 aliphatic carbocycles. The monoisotopic (exact) mass is 384 g/mol. The molecule has 0 aromatic heterocycles. The van der Waals surface area contributed by atoms with Crippen LogP contribution in [0.1, 0.15) is 51.9 Å². The fourth-order valence-corrected chi connectivity index (χ4v) is 3.08. The summed E-state index contributed by atoms with van der Waals surface area (Å²) in [5.74, 6) is -0.271. The van der Waals surface area contributed by atoms with E-state index >= 15 is 0 Å². The average molecular weight is 384 g/mol. The summed E-state index contributed by atoms with van der Waals surface area (Å²) < 4.78 is 38.5. The van der Waals surface area contributed by atoms with Gasteiger partial charge in [0, 0.05) is 6.08 Å². The van der Waals surface area contributed by atoms with E-state index in [-0.39, 0.29) is 18.5 Å². The summed E-state index contributed by atoms with van der Waals surface area (Å²) >= 11 is 0. The summed E-state index contributed by atoms with van der Waals surface area (Å²) in [7, 11) is -4.11. The van der Waals surface area contributed by atoms with Gasteiger partial charge in [-0.05, 0) is 37.8 Å². The molecule has 0 radical (unpaired) electrons. The van der Waals surface area contributed by atoms with Crippen LogP contribution in [-0.4, -0.2) is 27.1 Å². The van der Waals surface area contributed by atoms with Crippen molar-refractivity contribution in [2.45, 2.75) is 58.0 Å². The number of para-hydroxylation sites is 1. The first-order valence-corrected chi connectivity index (χ1v) is 10.3. The van der Waals surface area contributed by atoms with Crippen LogP contribution in [-0.2, 0) is 24.1 Å². The Morgan fingerprint density at radius 1 is 1.12 bits per heavy atom.